The van der Waals surface area contributed by atoms with Gasteiger partial charge in [0, 0.05) is 18.4 Å². The number of aromatic nitrogens is 1. The Balaban J connectivity index is 2.07. The van der Waals surface area contributed by atoms with Gasteiger partial charge in [-0.25, -0.2) is 0 Å². The Kier molecular flexibility index (Phi) is 5.10. The SMILES string of the molecule is CC(C)CNC(=O)c1cncc(Nc2ccc(C#N)cc2)c1. The highest BCUT2D eigenvalue weighted by molar-refractivity contribution is 5.94. The first-order chi connectivity index (χ1) is 10.6. The van der Waals surface area contributed by atoms with Gasteiger partial charge in [0.15, 0.2) is 0 Å². The van der Waals surface area contributed by atoms with Gasteiger partial charge in [0.1, 0.15) is 0 Å². The van der Waals surface area contributed by atoms with Crippen LogP contribution in [0.1, 0.15) is 29.8 Å². The highest BCUT2D eigenvalue weighted by atomic mass is 16.1. The molecule has 0 aliphatic rings. The molecule has 1 aromatic heterocycles. The van der Waals surface area contributed by atoms with Crippen molar-refractivity contribution < 1.29 is 4.79 Å². The average Bonchev–Trinajstić information content (AvgIpc) is 2.53. The molecule has 5 heteroatoms. The highest BCUT2D eigenvalue weighted by Gasteiger charge is 2.07. The van der Waals surface area contributed by atoms with Crippen LogP contribution in [-0.2, 0) is 0 Å². The minimum Gasteiger partial charge on any atom is -0.354 e. The minimum atomic E-state index is -0.135. The summed E-state index contributed by atoms with van der Waals surface area (Å²) >= 11 is 0. The van der Waals surface area contributed by atoms with E-state index in [1.165, 1.54) is 0 Å². The number of anilines is 2. The molecule has 0 saturated carbocycles. The maximum atomic E-state index is 12.0. The fraction of sp³-hybridized carbons (Fsp3) is 0.235. The molecule has 0 aliphatic carbocycles. The van der Waals surface area contributed by atoms with E-state index in [0.717, 1.165) is 11.4 Å². The smallest absolute Gasteiger partial charge is 0.252 e. The van der Waals surface area contributed by atoms with Crippen molar-refractivity contribution in [3.8, 4) is 6.07 Å². The van der Waals surface area contributed by atoms with Gasteiger partial charge in [-0.2, -0.15) is 5.26 Å². The summed E-state index contributed by atoms with van der Waals surface area (Å²) in [5.74, 6) is 0.265. The fourth-order valence-corrected chi connectivity index (χ4v) is 1.83. The number of rotatable bonds is 5. The van der Waals surface area contributed by atoms with Crippen LogP contribution in [0.2, 0.25) is 0 Å². The number of amides is 1. The maximum Gasteiger partial charge on any atom is 0.252 e. The van der Waals surface area contributed by atoms with Gasteiger partial charge in [-0.3, -0.25) is 9.78 Å². The predicted octanol–water partition coefficient (Wildman–Crippen LogP) is 3.08. The Labute approximate surface area is 130 Å². The molecule has 1 heterocycles. The Bertz CT molecular complexity index is 687. The molecular weight excluding hydrogens is 276 g/mol. The van der Waals surface area contributed by atoms with Crippen molar-refractivity contribution in [1.29, 1.82) is 5.26 Å². The zero-order chi connectivity index (χ0) is 15.9. The normalized spacial score (nSPS) is 10.1. The van der Waals surface area contributed by atoms with Gasteiger partial charge in [0.05, 0.1) is 29.1 Å². The average molecular weight is 294 g/mol. The van der Waals surface area contributed by atoms with Crippen molar-refractivity contribution in [2.75, 3.05) is 11.9 Å². The second-order valence-electron chi connectivity index (χ2n) is 5.38. The first-order valence-electron chi connectivity index (χ1n) is 7.09. The van der Waals surface area contributed by atoms with Gasteiger partial charge in [-0.1, -0.05) is 13.8 Å². The first-order valence-corrected chi connectivity index (χ1v) is 7.09. The van der Waals surface area contributed by atoms with Gasteiger partial charge in [0.2, 0.25) is 0 Å². The van der Waals surface area contributed by atoms with E-state index in [1.807, 2.05) is 26.0 Å². The Hall–Kier alpha value is -2.87. The molecule has 0 atom stereocenters. The number of benzene rings is 1. The first kappa shape index (κ1) is 15.5. The van der Waals surface area contributed by atoms with Crippen LogP contribution in [0, 0.1) is 17.2 Å². The number of pyridine rings is 1. The van der Waals surface area contributed by atoms with Crippen LogP contribution in [0.3, 0.4) is 0 Å². The van der Waals surface area contributed by atoms with E-state index in [0.29, 0.717) is 23.6 Å². The van der Waals surface area contributed by atoms with Crippen LogP contribution in [0.5, 0.6) is 0 Å². The van der Waals surface area contributed by atoms with Crippen LogP contribution in [0.4, 0.5) is 11.4 Å². The van der Waals surface area contributed by atoms with E-state index in [4.69, 9.17) is 5.26 Å². The fourth-order valence-electron chi connectivity index (χ4n) is 1.83. The third-order valence-corrected chi connectivity index (χ3v) is 2.97. The third kappa shape index (κ3) is 4.32. The zero-order valence-corrected chi connectivity index (χ0v) is 12.6. The van der Waals surface area contributed by atoms with E-state index in [2.05, 4.69) is 21.7 Å². The molecule has 1 amide bonds. The molecule has 0 saturated heterocycles. The van der Waals surface area contributed by atoms with Crippen molar-refractivity contribution in [1.82, 2.24) is 10.3 Å². The number of carbonyl (C=O) groups is 1. The summed E-state index contributed by atoms with van der Waals surface area (Å²) < 4.78 is 0. The number of nitrogens with one attached hydrogen (secondary N) is 2. The molecule has 0 bridgehead atoms. The molecule has 2 rings (SSSR count). The largest absolute Gasteiger partial charge is 0.354 e. The molecule has 22 heavy (non-hydrogen) atoms. The monoisotopic (exact) mass is 294 g/mol. The summed E-state index contributed by atoms with van der Waals surface area (Å²) in [7, 11) is 0. The van der Waals surface area contributed by atoms with E-state index in [-0.39, 0.29) is 5.91 Å². The second kappa shape index (κ2) is 7.23. The molecule has 0 radical (unpaired) electrons. The van der Waals surface area contributed by atoms with Crippen LogP contribution < -0.4 is 10.6 Å². The lowest BCUT2D eigenvalue weighted by atomic mass is 10.2. The molecule has 2 N–H and O–H groups in total. The second-order valence-corrected chi connectivity index (χ2v) is 5.38. The van der Waals surface area contributed by atoms with Crippen molar-refractivity contribution in [3.05, 3.63) is 53.9 Å². The number of nitrogens with zero attached hydrogens (tertiary/aromatic N) is 2. The van der Waals surface area contributed by atoms with Crippen LogP contribution in [0.25, 0.3) is 0 Å². The lowest BCUT2D eigenvalue weighted by Gasteiger charge is -2.10. The summed E-state index contributed by atoms with van der Waals surface area (Å²) in [6, 6.07) is 10.9. The molecule has 1 aromatic carbocycles. The molecular formula is C17H18N4O. The summed E-state index contributed by atoms with van der Waals surface area (Å²) in [6.45, 7) is 4.72. The number of carbonyl (C=O) groups excluding carboxylic acids is 1. The molecule has 2 aromatic rings. The van der Waals surface area contributed by atoms with Crippen LogP contribution >= 0.6 is 0 Å². The van der Waals surface area contributed by atoms with Gasteiger partial charge in [0.25, 0.3) is 5.91 Å². The van der Waals surface area contributed by atoms with E-state index in [1.54, 1.807) is 30.6 Å². The Morgan fingerprint density at radius 2 is 1.95 bits per heavy atom. The van der Waals surface area contributed by atoms with Crippen molar-refractivity contribution in [2.45, 2.75) is 13.8 Å². The van der Waals surface area contributed by atoms with Crippen molar-refractivity contribution in [3.63, 3.8) is 0 Å². The number of hydrogen-bond acceptors (Lipinski definition) is 4. The Morgan fingerprint density at radius 1 is 1.23 bits per heavy atom. The van der Waals surface area contributed by atoms with E-state index < -0.39 is 0 Å². The number of nitriles is 1. The van der Waals surface area contributed by atoms with Crippen molar-refractivity contribution in [2.24, 2.45) is 5.92 Å². The zero-order valence-electron chi connectivity index (χ0n) is 12.6. The molecule has 112 valence electrons. The van der Waals surface area contributed by atoms with Gasteiger partial charge in [-0.05, 0) is 36.2 Å². The summed E-state index contributed by atoms with van der Waals surface area (Å²) in [5, 5.41) is 14.8. The summed E-state index contributed by atoms with van der Waals surface area (Å²) in [6.07, 6.45) is 3.19. The minimum absolute atomic E-state index is 0.135. The van der Waals surface area contributed by atoms with Crippen LogP contribution in [-0.4, -0.2) is 17.4 Å². The molecule has 5 nitrogen and oxygen atoms in total. The quantitative estimate of drug-likeness (QED) is 0.888. The van der Waals surface area contributed by atoms with Crippen molar-refractivity contribution >= 4 is 17.3 Å². The predicted molar refractivity (Wildman–Crippen MR) is 85.8 cm³/mol. The lowest BCUT2D eigenvalue weighted by Crippen LogP contribution is -2.27. The highest BCUT2D eigenvalue weighted by Crippen LogP contribution is 2.17. The lowest BCUT2D eigenvalue weighted by molar-refractivity contribution is 0.0948. The topological polar surface area (TPSA) is 77.8 Å². The maximum absolute atomic E-state index is 12.0. The summed E-state index contributed by atoms with van der Waals surface area (Å²) in [4.78, 5) is 16.1. The number of hydrogen-bond donors (Lipinski definition) is 2. The molecule has 0 aliphatic heterocycles. The van der Waals surface area contributed by atoms with E-state index >= 15 is 0 Å². The Morgan fingerprint density at radius 3 is 2.59 bits per heavy atom. The molecule has 0 unspecified atom stereocenters. The van der Waals surface area contributed by atoms with Gasteiger partial charge in [-0.15, -0.1) is 0 Å². The van der Waals surface area contributed by atoms with Gasteiger partial charge >= 0.3 is 0 Å². The third-order valence-electron chi connectivity index (χ3n) is 2.97. The standard InChI is InChI=1S/C17H18N4O/c1-12(2)9-20-17(22)14-7-16(11-19-10-14)21-15-5-3-13(8-18)4-6-15/h3-7,10-12,21H,9H2,1-2H3,(H,20,22). The van der Waals surface area contributed by atoms with Crippen LogP contribution in [0.15, 0.2) is 42.7 Å². The molecule has 0 spiro atoms. The van der Waals surface area contributed by atoms with Gasteiger partial charge < -0.3 is 10.6 Å². The summed E-state index contributed by atoms with van der Waals surface area (Å²) in [5.41, 5.74) is 2.67. The molecule has 0 fully saturated rings. The van der Waals surface area contributed by atoms with E-state index in [9.17, 15) is 4.79 Å².